The van der Waals surface area contributed by atoms with E-state index in [-0.39, 0.29) is 26.2 Å². The molecule has 0 radical (unpaired) electrons. The molecule has 1 heteroatoms. The van der Waals surface area contributed by atoms with Gasteiger partial charge in [0.2, 0.25) is 0 Å². The van der Waals surface area contributed by atoms with Crippen LogP contribution in [0.5, 0.6) is 0 Å². The van der Waals surface area contributed by atoms with E-state index in [1.54, 1.807) is 0 Å². The molecular weight excluding hydrogens is 343 g/mol. The molecule has 2 aromatic carbocycles. The van der Waals surface area contributed by atoms with Gasteiger partial charge in [0.1, 0.15) is 0 Å². The van der Waals surface area contributed by atoms with Gasteiger partial charge in [-0.25, -0.2) is 0 Å². The zero-order valence-electron chi connectivity index (χ0n) is 12.6. The maximum absolute atomic E-state index is 3.58. The maximum Gasteiger partial charge on any atom is 0.0175 e. The van der Waals surface area contributed by atoms with E-state index in [9.17, 15) is 0 Å². The predicted octanol–water partition coefficient (Wildman–Crippen LogP) is 5.43. The van der Waals surface area contributed by atoms with Gasteiger partial charge in [0.15, 0.2) is 0 Å². The normalized spacial score (nSPS) is 17.1. The second kappa shape index (κ2) is 6.35. The van der Waals surface area contributed by atoms with Crippen LogP contribution in [0.3, 0.4) is 0 Å². The smallest absolute Gasteiger partial charge is 0.0175 e. The topological polar surface area (TPSA) is 0 Å². The quantitative estimate of drug-likeness (QED) is 0.626. The molecule has 0 nitrogen and oxygen atoms in total. The van der Waals surface area contributed by atoms with Crippen LogP contribution in [0.4, 0.5) is 0 Å². The molecule has 4 rings (SSSR count). The maximum atomic E-state index is 3.58. The SMILES string of the molecule is CCC=C1[C-]=C(C2c3ccccc3-c3ccccc32)C=C1.[Zr]. The van der Waals surface area contributed by atoms with Crippen molar-refractivity contribution in [3.63, 3.8) is 0 Å². The van der Waals surface area contributed by atoms with Gasteiger partial charge < -0.3 is 0 Å². The van der Waals surface area contributed by atoms with Crippen LogP contribution in [-0.4, -0.2) is 0 Å². The van der Waals surface area contributed by atoms with Crippen LogP contribution >= 0.6 is 0 Å². The molecule has 0 spiro atoms. The molecule has 0 saturated heterocycles. The fourth-order valence-corrected chi connectivity index (χ4v) is 3.43. The number of fused-ring (bicyclic) bond motifs is 3. The molecule has 106 valence electrons. The zero-order chi connectivity index (χ0) is 14.2. The molecule has 2 aromatic rings. The summed E-state index contributed by atoms with van der Waals surface area (Å²) in [5.74, 6) is 0.330. The van der Waals surface area contributed by atoms with Crippen molar-refractivity contribution in [3.05, 3.63) is 95.1 Å². The molecule has 22 heavy (non-hydrogen) atoms. The van der Waals surface area contributed by atoms with E-state index in [2.05, 4.69) is 79.8 Å². The summed E-state index contributed by atoms with van der Waals surface area (Å²) >= 11 is 0. The number of rotatable bonds is 2. The Morgan fingerprint density at radius 3 is 2.09 bits per heavy atom. The standard InChI is InChI=1S/C21H17.Zr/c1-2-7-15-12-13-16(14-15)21-19-10-5-3-8-17(19)18-9-4-6-11-20(18)21;/h3-13,21H,2H2,1H3;/q-1;. The van der Waals surface area contributed by atoms with Crippen LogP contribution in [0.25, 0.3) is 11.1 Å². The van der Waals surface area contributed by atoms with E-state index in [1.165, 1.54) is 33.4 Å². The molecular formula is C21H17Zr-. The summed E-state index contributed by atoms with van der Waals surface area (Å²) in [5.41, 5.74) is 8.05. The van der Waals surface area contributed by atoms with Gasteiger partial charge in [-0.3, -0.25) is 0 Å². The summed E-state index contributed by atoms with van der Waals surface area (Å²) in [6.07, 6.45) is 11.3. The van der Waals surface area contributed by atoms with Crippen LogP contribution in [0.1, 0.15) is 30.4 Å². The summed E-state index contributed by atoms with van der Waals surface area (Å²) in [4.78, 5) is 0. The van der Waals surface area contributed by atoms with Crippen molar-refractivity contribution in [3.8, 4) is 11.1 Å². The Kier molecular flexibility index (Phi) is 4.45. The molecule has 0 unspecified atom stereocenters. The van der Waals surface area contributed by atoms with Gasteiger partial charge in [-0.15, -0.1) is 11.6 Å². The van der Waals surface area contributed by atoms with Crippen molar-refractivity contribution in [2.75, 3.05) is 0 Å². The number of allylic oxidation sites excluding steroid dienone is 6. The molecule has 0 fully saturated rings. The van der Waals surface area contributed by atoms with Crippen LogP contribution in [0.2, 0.25) is 0 Å². The summed E-state index contributed by atoms with van der Waals surface area (Å²) in [5, 5.41) is 0. The monoisotopic (exact) mass is 359 g/mol. The van der Waals surface area contributed by atoms with Gasteiger partial charge in [0.25, 0.3) is 0 Å². The molecule has 2 aliphatic carbocycles. The van der Waals surface area contributed by atoms with E-state index in [1.807, 2.05) is 0 Å². The Morgan fingerprint density at radius 2 is 1.50 bits per heavy atom. The molecule has 0 heterocycles. The summed E-state index contributed by atoms with van der Waals surface area (Å²) in [6.45, 7) is 2.17. The van der Waals surface area contributed by atoms with E-state index >= 15 is 0 Å². The summed E-state index contributed by atoms with van der Waals surface area (Å²) in [7, 11) is 0. The van der Waals surface area contributed by atoms with Crippen molar-refractivity contribution in [1.82, 2.24) is 0 Å². The first-order valence-corrected chi connectivity index (χ1v) is 7.59. The fourth-order valence-electron chi connectivity index (χ4n) is 3.43. The van der Waals surface area contributed by atoms with Crippen LogP contribution < -0.4 is 0 Å². The molecule has 0 amide bonds. The largest absolute Gasteiger partial charge is 0.177 e. The third-order valence-electron chi connectivity index (χ3n) is 4.30. The van der Waals surface area contributed by atoms with Crippen molar-refractivity contribution in [1.29, 1.82) is 0 Å². The van der Waals surface area contributed by atoms with Gasteiger partial charge in [-0.1, -0.05) is 61.9 Å². The van der Waals surface area contributed by atoms with Crippen molar-refractivity contribution in [2.24, 2.45) is 0 Å². The number of benzene rings is 2. The summed E-state index contributed by atoms with van der Waals surface area (Å²) < 4.78 is 0. The third kappa shape index (κ3) is 2.42. The fraction of sp³-hybridized carbons (Fsp3) is 0.143. The van der Waals surface area contributed by atoms with Crippen molar-refractivity contribution >= 4 is 0 Å². The zero-order valence-corrected chi connectivity index (χ0v) is 15.1. The molecule has 0 atom stereocenters. The van der Waals surface area contributed by atoms with E-state index < -0.39 is 0 Å². The van der Waals surface area contributed by atoms with Crippen LogP contribution in [0.15, 0.2) is 77.9 Å². The van der Waals surface area contributed by atoms with Crippen LogP contribution in [0, 0.1) is 6.08 Å². The number of hydrogen-bond acceptors (Lipinski definition) is 0. The van der Waals surface area contributed by atoms with Crippen molar-refractivity contribution in [2.45, 2.75) is 19.3 Å². The van der Waals surface area contributed by atoms with E-state index in [4.69, 9.17) is 0 Å². The molecule has 0 bridgehead atoms. The molecule has 0 saturated carbocycles. The average Bonchev–Trinajstić information content (AvgIpc) is 3.10. The van der Waals surface area contributed by atoms with Gasteiger partial charge in [0.05, 0.1) is 0 Å². The first kappa shape index (κ1) is 15.4. The van der Waals surface area contributed by atoms with Gasteiger partial charge in [-0.2, -0.15) is 23.8 Å². The van der Waals surface area contributed by atoms with Gasteiger partial charge >= 0.3 is 0 Å². The van der Waals surface area contributed by atoms with E-state index in [0.29, 0.717) is 5.92 Å². The predicted molar refractivity (Wildman–Crippen MR) is 88.0 cm³/mol. The van der Waals surface area contributed by atoms with Gasteiger partial charge in [0, 0.05) is 32.1 Å². The van der Waals surface area contributed by atoms with Crippen molar-refractivity contribution < 1.29 is 26.2 Å². The first-order chi connectivity index (χ1) is 10.4. The van der Waals surface area contributed by atoms with Gasteiger partial charge in [-0.05, 0) is 22.3 Å². The minimum Gasteiger partial charge on any atom is -0.177 e. The Balaban J connectivity index is 0.00000144. The van der Waals surface area contributed by atoms with Crippen LogP contribution in [-0.2, 0) is 26.2 Å². The average molecular weight is 361 g/mol. The third-order valence-corrected chi connectivity index (χ3v) is 4.30. The Labute approximate surface area is 151 Å². The molecule has 0 aliphatic heterocycles. The molecule has 2 aliphatic rings. The Morgan fingerprint density at radius 1 is 0.909 bits per heavy atom. The second-order valence-electron chi connectivity index (χ2n) is 5.59. The minimum atomic E-state index is 0. The second-order valence-corrected chi connectivity index (χ2v) is 5.59. The first-order valence-electron chi connectivity index (χ1n) is 7.59. The summed E-state index contributed by atoms with van der Waals surface area (Å²) in [6, 6.07) is 17.5. The molecule has 0 N–H and O–H groups in total. The van der Waals surface area contributed by atoms with E-state index in [0.717, 1.165) is 6.42 Å². The Bertz CT molecular complexity index is 748. The minimum absolute atomic E-state index is 0. The molecule has 0 aromatic heterocycles. The number of hydrogen-bond donors (Lipinski definition) is 0. The Hall–Kier alpha value is -1.46.